The molecule has 4 aromatic rings. The largest absolute Gasteiger partial charge is 0.496 e. The van der Waals surface area contributed by atoms with Crippen molar-refractivity contribution in [2.24, 2.45) is 0 Å². The molecular weight excluding hydrogens is 702 g/mol. The number of fused-ring (bicyclic) bond motifs is 8. The van der Waals surface area contributed by atoms with Crippen LogP contribution in [0.25, 0.3) is 0 Å². The Hall–Kier alpha value is -4.08. The first-order valence-electron chi connectivity index (χ1n) is 14.5. The van der Waals surface area contributed by atoms with E-state index in [4.69, 9.17) is 65.4 Å². The summed E-state index contributed by atoms with van der Waals surface area (Å²) in [6.07, 6.45) is 0.530. The number of methoxy groups -OCH3 is 4. The Morgan fingerprint density at radius 1 is 0.375 bits per heavy atom. The molecule has 0 fully saturated rings. The molecule has 0 saturated carbocycles. The molecule has 0 unspecified atom stereocenters. The van der Waals surface area contributed by atoms with E-state index in [0.717, 1.165) is 0 Å². The third kappa shape index (κ3) is 7.03. The number of carbonyl (C=O) groups is 4. The molecule has 1 aliphatic rings. The van der Waals surface area contributed by atoms with Gasteiger partial charge in [-0.05, 0) is 139 Å². The summed E-state index contributed by atoms with van der Waals surface area (Å²) in [6, 6.07) is 12.9. The van der Waals surface area contributed by atoms with Gasteiger partial charge in [0.15, 0.2) is 0 Å². The Morgan fingerprint density at radius 2 is 0.521 bits per heavy atom. The van der Waals surface area contributed by atoms with Crippen LogP contribution in [0.1, 0.15) is 85.9 Å². The summed E-state index contributed by atoms with van der Waals surface area (Å²) in [6.45, 7) is 0. The normalized spacial score (nSPS) is 12.2. The lowest BCUT2D eigenvalue weighted by atomic mass is 9.88. The zero-order chi connectivity index (χ0) is 34.9. The van der Waals surface area contributed by atoms with E-state index >= 15 is 0 Å². The monoisotopic (exact) mass is 728 g/mol. The van der Waals surface area contributed by atoms with Gasteiger partial charge in [0, 0.05) is 47.9 Å². The Morgan fingerprint density at radius 3 is 0.625 bits per heavy atom. The fourth-order valence-electron chi connectivity index (χ4n) is 6.39. The van der Waals surface area contributed by atoms with Crippen LogP contribution in [-0.4, -0.2) is 49.4 Å². The van der Waals surface area contributed by atoms with E-state index in [-0.39, 0.29) is 47.9 Å². The number of ether oxygens (including phenoxy) is 4. The van der Waals surface area contributed by atoms with Crippen molar-refractivity contribution in [2.75, 3.05) is 28.4 Å². The molecule has 0 radical (unpaired) electrons. The van der Waals surface area contributed by atoms with Crippen molar-refractivity contribution >= 4 is 67.4 Å². The molecule has 12 heteroatoms. The van der Waals surface area contributed by atoms with Crippen LogP contribution in [0.15, 0.2) is 48.5 Å². The second kappa shape index (κ2) is 14.6. The van der Waals surface area contributed by atoms with Gasteiger partial charge in [0.1, 0.15) is 23.0 Å². The molecule has 4 aromatic carbocycles. The minimum absolute atomic E-state index is 0.132. The van der Waals surface area contributed by atoms with Crippen molar-refractivity contribution in [2.45, 2.75) is 25.7 Å². The molecule has 248 valence electrons. The predicted octanol–water partition coefficient (Wildman–Crippen LogP) is 7.91. The number of carbonyl (C=O) groups excluding carboxylic acids is 4. The van der Waals surface area contributed by atoms with Crippen LogP contribution >= 0.6 is 46.4 Å². The fourth-order valence-corrected chi connectivity index (χ4v) is 6.83. The summed E-state index contributed by atoms with van der Waals surface area (Å²) in [5, 5.41) is -2.78. The Balaban J connectivity index is 1.93. The molecule has 48 heavy (non-hydrogen) atoms. The van der Waals surface area contributed by atoms with Gasteiger partial charge in [-0.3, -0.25) is 19.2 Å². The zero-order valence-corrected chi connectivity index (χ0v) is 29.2. The number of hydrogen-bond acceptors (Lipinski definition) is 8. The molecular formula is C36H28Cl4O8. The van der Waals surface area contributed by atoms with Gasteiger partial charge in [-0.1, -0.05) is 0 Å². The number of rotatable bonds is 8. The maximum atomic E-state index is 12.6. The van der Waals surface area contributed by atoms with Gasteiger partial charge < -0.3 is 18.9 Å². The maximum Gasteiger partial charge on any atom is 0.252 e. The van der Waals surface area contributed by atoms with E-state index in [2.05, 4.69) is 0 Å². The van der Waals surface area contributed by atoms with Crippen LogP contribution in [0, 0.1) is 0 Å². The Labute approximate surface area is 296 Å². The lowest BCUT2D eigenvalue weighted by Crippen LogP contribution is -2.10. The van der Waals surface area contributed by atoms with Crippen LogP contribution in [0.5, 0.6) is 23.0 Å². The molecule has 8 bridgehead atoms. The van der Waals surface area contributed by atoms with Crippen LogP contribution in [0.4, 0.5) is 0 Å². The first-order chi connectivity index (χ1) is 22.9. The molecule has 0 saturated heterocycles. The summed E-state index contributed by atoms with van der Waals surface area (Å²) < 4.78 is 23.7. The Kier molecular flexibility index (Phi) is 10.7. The summed E-state index contributed by atoms with van der Waals surface area (Å²) in [7, 11) is 6.00. The average molecular weight is 730 g/mol. The van der Waals surface area contributed by atoms with Crippen molar-refractivity contribution in [3.63, 3.8) is 0 Å². The van der Waals surface area contributed by atoms with Gasteiger partial charge in [-0.2, -0.15) is 0 Å². The number of halogens is 4. The SMILES string of the molecule is COc1c2cc(C(=O)Cl)cc1Cc1cc(C(=O)Cl)cc(c1OC)Cc1cc(C(=O)Cl)cc(c1OC)Cc1cc(C(=O)Cl)cc(c1OC)C2. The third-order valence-corrected chi connectivity index (χ3v) is 9.09. The minimum atomic E-state index is -0.695. The highest BCUT2D eigenvalue weighted by Crippen LogP contribution is 2.41. The van der Waals surface area contributed by atoms with Gasteiger partial charge in [-0.15, -0.1) is 0 Å². The second-order valence-electron chi connectivity index (χ2n) is 11.1. The van der Waals surface area contributed by atoms with Gasteiger partial charge in [0.25, 0.3) is 21.0 Å². The summed E-state index contributed by atoms with van der Waals surface area (Å²) >= 11 is 24.1. The smallest absolute Gasteiger partial charge is 0.252 e. The highest BCUT2D eigenvalue weighted by atomic mass is 35.5. The molecule has 0 N–H and O–H groups in total. The lowest BCUT2D eigenvalue weighted by Gasteiger charge is -2.22. The van der Waals surface area contributed by atoms with Gasteiger partial charge in [-0.25, -0.2) is 0 Å². The van der Waals surface area contributed by atoms with Crippen LogP contribution in [0.2, 0.25) is 0 Å². The highest BCUT2D eigenvalue weighted by molar-refractivity contribution is 6.68. The lowest BCUT2D eigenvalue weighted by molar-refractivity contribution is 0.107. The van der Waals surface area contributed by atoms with Crippen molar-refractivity contribution in [3.8, 4) is 23.0 Å². The van der Waals surface area contributed by atoms with Crippen molar-refractivity contribution in [1.82, 2.24) is 0 Å². The van der Waals surface area contributed by atoms with E-state index in [9.17, 15) is 19.2 Å². The molecule has 1 aliphatic carbocycles. The molecule has 0 spiro atoms. The highest BCUT2D eigenvalue weighted by Gasteiger charge is 2.25. The van der Waals surface area contributed by atoms with Crippen LogP contribution in [-0.2, 0) is 25.7 Å². The third-order valence-electron chi connectivity index (χ3n) is 8.22. The van der Waals surface area contributed by atoms with Gasteiger partial charge >= 0.3 is 0 Å². The van der Waals surface area contributed by atoms with E-state index in [1.165, 1.54) is 28.4 Å². The van der Waals surface area contributed by atoms with E-state index in [0.29, 0.717) is 67.5 Å². The fraction of sp³-hybridized carbons (Fsp3) is 0.222. The van der Waals surface area contributed by atoms with E-state index < -0.39 is 21.0 Å². The quantitative estimate of drug-likeness (QED) is 0.149. The summed E-state index contributed by atoms with van der Waals surface area (Å²) in [4.78, 5) is 50.3. The van der Waals surface area contributed by atoms with E-state index in [1.54, 1.807) is 48.5 Å². The summed E-state index contributed by atoms with van der Waals surface area (Å²) in [5.74, 6) is 1.77. The molecule has 0 amide bonds. The van der Waals surface area contributed by atoms with Crippen LogP contribution in [0.3, 0.4) is 0 Å². The van der Waals surface area contributed by atoms with Crippen molar-refractivity contribution in [3.05, 3.63) is 115 Å². The topological polar surface area (TPSA) is 105 Å². The molecule has 0 heterocycles. The van der Waals surface area contributed by atoms with Crippen LogP contribution < -0.4 is 18.9 Å². The molecule has 5 rings (SSSR count). The second-order valence-corrected chi connectivity index (χ2v) is 12.5. The summed E-state index contributed by atoms with van der Waals surface area (Å²) in [5.41, 5.74) is 5.31. The minimum Gasteiger partial charge on any atom is -0.496 e. The van der Waals surface area contributed by atoms with Crippen molar-refractivity contribution in [1.29, 1.82) is 0 Å². The molecule has 8 nitrogen and oxygen atoms in total. The first kappa shape index (κ1) is 35.2. The van der Waals surface area contributed by atoms with Gasteiger partial charge in [0.2, 0.25) is 0 Å². The standard InChI is InChI=1S/C36H28Cl4O8/c1-45-29-17-5-19-11-26(34(38)42)13-21(30(19)46-2)7-23-15-28(36(40)44)16-24(32(23)48-4)8-22-14-27(35(39)43)12-20(31(22)47-3)6-18(29)10-25(9-17)33(37)41/h9-16H,5-8H2,1-4H3. The maximum absolute atomic E-state index is 12.6. The molecule has 0 aromatic heterocycles. The van der Waals surface area contributed by atoms with Gasteiger partial charge in [0.05, 0.1) is 28.4 Å². The average Bonchev–Trinajstić information content (AvgIpc) is 3.03. The number of hydrogen-bond donors (Lipinski definition) is 0. The predicted molar refractivity (Wildman–Crippen MR) is 184 cm³/mol. The van der Waals surface area contributed by atoms with E-state index in [1.807, 2.05) is 0 Å². The number of benzene rings is 4. The molecule has 0 atom stereocenters. The van der Waals surface area contributed by atoms with Crippen molar-refractivity contribution < 1.29 is 38.1 Å². The zero-order valence-electron chi connectivity index (χ0n) is 26.2. The Bertz CT molecular complexity index is 1620. The molecule has 0 aliphatic heterocycles. The first-order valence-corrected chi connectivity index (χ1v) is 16.0.